The summed E-state index contributed by atoms with van der Waals surface area (Å²) >= 11 is 5.98. The number of carboxylic acid groups (broad SMARTS) is 2. The number of aromatic nitrogens is 4. The molecule has 7 rings (SSSR count). The number of rotatable bonds is 8. The van der Waals surface area contributed by atoms with E-state index in [0.717, 1.165) is 54.2 Å². The van der Waals surface area contributed by atoms with Crippen molar-refractivity contribution in [3.05, 3.63) is 106 Å². The van der Waals surface area contributed by atoms with Crippen molar-refractivity contribution in [2.24, 2.45) is 0 Å². The molecule has 2 aliphatic heterocycles. The summed E-state index contributed by atoms with van der Waals surface area (Å²) in [5.41, 5.74) is 3.17. The van der Waals surface area contributed by atoms with Crippen molar-refractivity contribution in [2.75, 3.05) is 13.1 Å². The molecule has 51 heavy (non-hydrogen) atoms. The van der Waals surface area contributed by atoms with E-state index in [0.29, 0.717) is 41.6 Å². The number of aryl methyl sites for hydroxylation is 2. The molecular formula is C35H32ClF4N5O6. The monoisotopic (exact) mass is 729 g/mol. The number of halogens is 5. The minimum atomic E-state index is -5.08. The molecule has 11 nitrogen and oxygen atoms in total. The normalized spacial score (nSPS) is 17.7. The van der Waals surface area contributed by atoms with Gasteiger partial charge in [0.2, 0.25) is 0 Å². The number of carboxylic acids is 2. The second kappa shape index (κ2) is 14.2. The summed E-state index contributed by atoms with van der Waals surface area (Å²) in [6, 6.07) is 15.5. The molecule has 2 aromatic heterocycles. The Morgan fingerprint density at radius 2 is 1.82 bits per heavy atom. The molecule has 2 aliphatic rings. The number of alkyl halides is 3. The molecule has 0 aliphatic carbocycles. The third-order valence-electron chi connectivity index (χ3n) is 8.87. The summed E-state index contributed by atoms with van der Waals surface area (Å²) in [6.07, 6.45) is 0.920. The van der Waals surface area contributed by atoms with Gasteiger partial charge in [-0.05, 0) is 74.3 Å². The fraction of sp³-hybridized carbons (Fsp3) is 0.314. The van der Waals surface area contributed by atoms with Crippen LogP contribution in [-0.4, -0.2) is 65.8 Å². The second-order valence-corrected chi connectivity index (χ2v) is 12.7. The lowest BCUT2D eigenvalue weighted by atomic mass is 9.88. The highest BCUT2D eigenvalue weighted by Crippen LogP contribution is 2.50. The first kappa shape index (κ1) is 35.7. The van der Waals surface area contributed by atoms with Crippen LogP contribution in [0.15, 0.2) is 67.0 Å². The molecule has 4 heterocycles. The zero-order valence-corrected chi connectivity index (χ0v) is 27.8. The van der Waals surface area contributed by atoms with Crippen LogP contribution in [0.25, 0.3) is 11.0 Å². The third kappa shape index (κ3) is 7.78. The van der Waals surface area contributed by atoms with Crippen molar-refractivity contribution in [3.8, 4) is 11.5 Å². The number of nitrogens with zero attached hydrogens (tertiary/aromatic N) is 4. The Morgan fingerprint density at radius 3 is 2.47 bits per heavy atom. The largest absolute Gasteiger partial charge is 0.490 e. The zero-order valence-electron chi connectivity index (χ0n) is 27.1. The van der Waals surface area contributed by atoms with Gasteiger partial charge in [-0.2, -0.15) is 13.2 Å². The van der Waals surface area contributed by atoms with E-state index >= 15 is 0 Å². The van der Waals surface area contributed by atoms with Gasteiger partial charge in [-0.25, -0.2) is 23.9 Å². The van der Waals surface area contributed by atoms with E-state index in [2.05, 4.69) is 25.5 Å². The summed E-state index contributed by atoms with van der Waals surface area (Å²) < 4.78 is 61.2. The number of benzene rings is 3. The Kier molecular flexibility index (Phi) is 9.95. The number of nitrogens with one attached hydrogen (secondary N) is 1. The maximum absolute atomic E-state index is 14.8. The molecule has 1 atom stereocenters. The van der Waals surface area contributed by atoms with Gasteiger partial charge in [0.05, 0.1) is 28.7 Å². The number of carbonyl (C=O) groups is 2. The number of hydrogen-bond donors (Lipinski definition) is 3. The number of aromatic carboxylic acids is 1. The average molecular weight is 730 g/mol. The van der Waals surface area contributed by atoms with Gasteiger partial charge in [-0.1, -0.05) is 23.7 Å². The van der Waals surface area contributed by atoms with Crippen LogP contribution in [0.4, 0.5) is 17.6 Å². The lowest BCUT2D eigenvalue weighted by Crippen LogP contribution is -2.34. The molecule has 0 spiro atoms. The fourth-order valence-electron chi connectivity index (χ4n) is 6.37. The minimum Gasteiger partial charge on any atom is -0.478 e. The Hall–Kier alpha value is -5.15. The van der Waals surface area contributed by atoms with Crippen molar-refractivity contribution in [3.63, 3.8) is 0 Å². The first-order valence-electron chi connectivity index (χ1n) is 15.9. The molecule has 3 N–H and O–H groups in total. The van der Waals surface area contributed by atoms with Crippen LogP contribution in [0.1, 0.15) is 58.8 Å². The highest BCUT2D eigenvalue weighted by atomic mass is 35.5. The van der Waals surface area contributed by atoms with Crippen molar-refractivity contribution in [1.29, 1.82) is 0 Å². The Labute approximate surface area is 293 Å². The van der Waals surface area contributed by atoms with Crippen LogP contribution in [0, 0.1) is 5.82 Å². The molecule has 0 amide bonds. The minimum absolute atomic E-state index is 0.237. The van der Waals surface area contributed by atoms with Crippen LogP contribution >= 0.6 is 11.6 Å². The molecule has 16 heteroatoms. The zero-order chi connectivity index (χ0) is 36.5. The number of H-pyrrole nitrogens is 1. The first-order chi connectivity index (χ1) is 24.2. The number of aromatic amines is 1. The average Bonchev–Trinajstić information content (AvgIpc) is 3.80. The van der Waals surface area contributed by atoms with Gasteiger partial charge in [-0.15, -0.1) is 0 Å². The van der Waals surface area contributed by atoms with E-state index in [1.165, 1.54) is 6.07 Å². The molecule has 1 fully saturated rings. The van der Waals surface area contributed by atoms with Crippen molar-refractivity contribution >= 4 is 34.6 Å². The van der Waals surface area contributed by atoms with E-state index in [-0.39, 0.29) is 11.5 Å². The van der Waals surface area contributed by atoms with Crippen LogP contribution in [0.3, 0.4) is 0 Å². The number of para-hydroxylation sites is 1. The van der Waals surface area contributed by atoms with Crippen LogP contribution in [-0.2, 0) is 30.1 Å². The number of fused-ring (bicyclic) bond motifs is 2. The summed E-state index contributed by atoms with van der Waals surface area (Å²) in [5, 5.41) is 17.0. The van der Waals surface area contributed by atoms with Crippen LogP contribution < -0.4 is 9.47 Å². The number of imidazole rings is 2. The predicted octanol–water partition coefficient (Wildman–Crippen LogP) is 7.15. The highest BCUT2D eigenvalue weighted by molar-refractivity contribution is 6.30. The Bertz CT molecular complexity index is 2060. The molecule has 1 unspecified atom stereocenters. The maximum Gasteiger partial charge on any atom is 0.490 e. The lowest BCUT2D eigenvalue weighted by Gasteiger charge is -2.32. The summed E-state index contributed by atoms with van der Waals surface area (Å²) in [6.45, 7) is 4.69. The van der Waals surface area contributed by atoms with Gasteiger partial charge in [-0.3, -0.25) is 4.90 Å². The lowest BCUT2D eigenvalue weighted by molar-refractivity contribution is -0.192. The van der Waals surface area contributed by atoms with Gasteiger partial charge in [0.25, 0.3) is 5.79 Å². The summed E-state index contributed by atoms with van der Waals surface area (Å²) in [4.78, 5) is 35.4. The standard InChI is InChI=1S/C33H31ClFN5O4.C2HF3O2/c1-33(24-7-6-22(34)18-25(24)35)43-28-4-2-3-23(31(28)44-33)20-9-14-39(15-10-20)19-30-38-26-8-5-21(32(41)42)17-27(26)40(30)16-11-29-36-12-13-37-29;3-2(4,5)1(6)7/h2-8,12-13,17-18,20H,9-11,14-16,19H2,1H3,(H,36,37)(H,41,42);(H,6,7). The Balaban J connectivity index is 0.000000582. The first-order valence-corrected chi connectivity index (χ1v) is 16.3. The summed E-state index contributed by atoms with van der Waals surface area (Å²) in [7, 11) is 0. The second-order valence-electron chi connectivity index (χ2n) is 12.3. The molecule has 0 bridgehead atoms. The number of ether oxygens (including phenoxy) is 2. The topological polar surface area (TPSA) is 143 Å². The van der Waals surface area contributed by atoms with E-state index < -0.39 is 29.7 Å². The van der Waals surface area contributed by atoms with Crippen LogP contribution in [0.5, 0.6) is 11.5 Å². The van der Waals surface area contributed by atoms with Crippen molar-refractivity contribution in [2.45, 2.75) is 57.2 Å². The van der Waals surface area contributed by atoms with Gasteiger partial charge in [0.15, 0.2) is 11.5 Å². The quantitative estimate of drug-likeness (QED) is 0.142. The molecule has 5 aromatic rings. The SMILES string of the molecule is CC1(c2ccc(Cl)cc2F)Oc2cccc(C3CCN(Cc4nc5ccc(C(=O)O)cc5n4CCc4ncc[nH]4)CC3)c2O1.O=C(O)C(F)(F)F. The molecule has 3 aromatic carbocycles. The van der Waals surface area contributed by atoms with Gasteiger partial charge >= 0.3 is 18.1 Å². The molecule has 0 saturated carbocycles. The van der Waals surface area contributed by atoms with Crippen LogP contribution in [0.2, 0.25) is 5.02 Å². The molecule has 268 valence electrons. The van der Waals surface area contributed by atoms with E-state index in [9.17, 15) is 27.5 Å². The Morgan fingerprint density at radius 1 is 1.08 bits per heavy atom. The number of piperidine rings is 1. The van der Waals surface area contributed by atoms with Gasteiger partial charge < -0.3 is 29.2 Å². The third-order valence-corrected chi connectivity index (χ3v) is 9.10. The number of likely N-dealkylation sites (tertiary alicyclic amines) is 1. The predicted molar refractivity (Wildman–Crippen MR) is 176 cm³/mol. The fourth-order valence-corrected chi connectivity index (χ4v) is 6.53. The maximum atomic E-state index is 14.8. The molecule has 0 radical (unpaired) electrons. The van der Waals surface area contributed by atoms with E-state index in [1.54, 1.807) is 49.6 Å². The van der Waals surface area contributed by atoms with E-state index in [4.69, 9.17) is 36.0 Å². The van der Waals surface area contributed by atoms with Crippen molar-refractivity contribution in [1.82, 2.24) is 24.4 Å². The van der Waals surface area contributed by atoms with Gasteiger partial charge in [0.1, 0.15) is 17.5 Å². The smallest absolute Gasteiger partial charge is 0.478 e. The molecule has 1 saturated heterocycles. The summed E-state index contributed by atoms with van der Waals surface area (Å²) in [5.74, 6) is -2.21. The van der Waals surface area contributed by atoms with Crippen molar-refractivity contribution < 1.29 is 46.8 Å². The highest BCUT2D eigenvalue weighted by Gasteiger charge is 2.43. The van der Waals surface area contributed by atoms with E-state index in [1.807, 2.05) is 12.1 Å². The number of aliphatic carboxylic acids is 1. The molecular weight excluding hydrogens is 698 g/mol. The van der Waals surface area contributed by atoms with Gasteiger partial charge in [0, 0.05) is 42.9 Å². The number of hydrogen-bond acceptors (Lipinski definition) is 7.